The third-order valence-corrected chi connectivity index (χ3v) is 4.61. The van der Waals surface area contributed by atoms with Gasteiger partial charge in [0.1, 0.15) is 0 Å². The van der Waals surface area contributed by atoms with Gasteiger partial charge in [-0.2, -0.15) is 0 Å². The Kier molecular flexibility index (Phi) is 2.29. The molecule has 2 saturated carbocycles. The lowest BCUT2D eigenvalue weighted by molar-refractivity contribution is -0.0732. The van der Waals surface area contributed by atoms with Gasteiger partial charge in [-0.25, -0.2) is 0 Å². The van der Waals surface area contributed by atoms with E-state index in [2.05, 4.69) is 0 Å². The second-order valence-corrected chi connectivity index (χ2v) is 5.24. The molecular weight excluding hydrogens is 176 g/mol. The van der Waals surface area contributed by atoms with Crippen molar-refractivity contribution in [1.29, 1.82) is 0 Å². The Morgan fingerprint density at radius 2 is 1.57 bits per heavy atom. The zero-order chi connectivity index (χ0) is 9.54. The van der Waals surface area contributed by atoms with Crippen LogP contribution in [0.2, 0.25) is 0 Å². The maximum absolute atomic E-state index is 10.2. The summed E-state index contributed by atoms with van der Waals surface area (Å²) in [5.74, 6) is 2.03. The highest BCUT2D eigenvalue weighted by molar-refractivity contribution is 5.00. The first-order chi connectivity index (χ1) is 6.88. The Labute approximate surface area is 85.6 Å². The van der Waals surface area contributed by atoms with E-state index in [-0.39, 0.29) is 12.2 Å². The van der Waals surface area contributed by atoms with Crippen LogP contribution in [-0.4, -0.2) is 23.9 Å². The average molecular weight is 196 g/mol. The number of ether oxygens (including phenoxy) is 1. The molecule has 2 aliphatic carbocycles. The molecule has 2 nitrogen and oxygen atoms in total. The lowest BCUT2D eigenvalue weighted by Gasteiger charge is -2.31. The Bertz CT molecular complexity index is 194. The highest BCUT2D eigenvalue weighted by Crippen LogP contribution is 2.50. The van der Waals surface area contributed by atoms with Crippen molar-refractivity contribution in [1.82, 2.24) is 0 Å². The van der Waals surface area contributed by atoms with Crippen molar-refractivity contribution in [2.24, 2.45) is 17.8 Å². The molecule has 2 heteroatoms. The van der Waals surface area contributed by atoms with E-state index in [0.29, 0.717) is 11.8 Å². The van der Waals surface area contributed by atoms with Crippen molar-refractivity contribution < 1.29 is 9.84 Å². The molecule has 0 radical (unpaired) electrons. The van der Waals surface area contributed by atoms with E-state index in [0.717, 1.165) is 12.5 Å². The van der Waals surface area contributed by atoms with Crippen LogP contribution in [0.15, 0.2) is 0 Å². The van der Waals surface area contributed by atoms with Crippen LogP contribution in [0.5, 0.6) is 0 Å². The van der Waals surface area contributed by atoms with Gasteiger partial charge in [-0.1, -0.05) is 12.8 Å². The van der Waals surface area contributed by atoms with Gasteiger partial charge >= 0.3 is 0 Å². The molecule has 0 bridgehead atoms. The van der Waals surface area contributed by atoms with E-state index in [1.54, 1.807) is 0 Å². The molecule has 3 rings (SSSR count). The second kappa shape index (κ2) is 3.49. The molecule has 1 heterocycles. The Balaban J connectivity index is 1.83. The van der Waals surface area contributed by atoms with Gasteiger partial charge in [0.05, 0.1) is 12.2 Å². The first-order valence-corrected chi connectivity index (χ1v) is 6.17. The first kappa shape index (κ1) is 9.17. The molecule has 0 aromatic heterocycles. The van der Waals surface area contributed by atoms with Crippen molar-refractivity contribution in [2.45, 2.75) is 50.7 Å². The number of rotatable bonds is 0. The number of fused-ring (bicyclic) bond motifs is 3. The summed E-state index contributed by atoms with van der Waals surface area (Å²) in [6.45, 7) is 0.873. The third-order valence-electron chi connectivity index (χ3n) is 4.61. The zero-order valence-corrected chi connectivity index (χ0v) is 8.69. The predicted octanol–water partition coefficient (Wildman–Crippen LogP) is 1.96. The number of aliphatic hydroxyl groups excluding tert-OH is 1. The van der Waals surface area contributed by atoms with Gasteiger partial charge in [0, 0.05) is 6.61 Å². The molecule has 0 amide bonds. The van der Waals surface area contributed by atoms with Gasteiger partial charge in [0.2, 0.25) is 0 Å². The molecule has 5 atom stereocenters. The van der Waals surface area contributed by atoms with Crippen LogP contribution in [0, 0.1) is 17.8 Å². The van der Waals surface area contributed by atoms with Crippen LogP contribution >= 0.6 is 0 Å². The third kappa shape index (κ3) is 1.24. The number of hydrogen-bond acceptors (Lipinski definition) is 2. The quantitative estimate of drug-likeness (QED) is 0.642. The van der Waals surface area contributed by atoms with Crippen molar-refractivity contribution in [3.63, 3.8) is 0 Å². The van der Waals surface area contributed by atoms with Crippen LogP contribution in [0.3, 0.4) is 0 Å². The van der Waals surface area contributed by atoms with Gasteiger partial charge in [0.15, 0.2) is 0 Å². The van der Waals surface area contributed by atoms with Gasteiger partial charge in [-0.05, 0) is 43.4 Å². The molecule has 3 fully saturated rings. The fourth-order valence-electron chi connectivity index (χ4n) is 4.02. The van der Waals surface area contributed by atoms with E-state index in [1.807, 2.05) is 0 Å². The Morgan fingerprint density at radius 1 is 0.857 bits per heavy atom. The maximum Gasteiger partial charge on any atom is 0.0867 e. The summed E-state index contributed by atoms with van der Waals surface area (Å²) in [5.41, 5.74) is 0. The van der Waals surface area contributed by atoms with Crippen molar-refractivity contribution >= 4 is 0 Å². The molecule has 80 valence electrons. The standard InChI is InChI=1S/C12H20O2/c13-11-9-5-2-1-4-8(9)10-6-3-7-14-12(10)11/h8-13H,1-7H2. The summed E-state index contributed by atoms with van der Waals surface area (Å²) in [6.07, 6.45) is 7.81. The Hall–Kier alpha value is -0.0800. The fraction of sp³-hybridized carbons (Fsp3) is 1.00. The summed E-state index contributed by atoms with van der Waals surface area (Å²) < 4.78 is 5.76. The molecule has 1 N–H and O–H groups in total. The fourth-order valence-corrected chi connectivity index (χ4v) is 4.02. The molecule has 0 spiro atoms. The summed E-state index contributed by atoms with van der Waals surface area (Å²) in [7, 11) is 0. The predicted molar refractivity (Wildman–Crippen MR) is 53.9 cm³/mol. The van der Waals surface area contributed by atoms with Crippen LogP contribution < -0.4 is 0 Å². The molecule has 14 heavy (non-hydrogen) atoms. The van der Waals surface area contributed by atoms with Gasteiger partial charge in [0.25, 0.3) is 0 Å². The SMILES string of the molecule is OC1C2CCCCC2C2CCCOC12. The molecule has 1 aliphatic heterocycles. The first-order valence-electron chi connectivity index (χ1n) is 6.17. The molecule has 0 aromatic carbocycles. The van der Waals surface area contributed by atoms with E-state index in [9.17, 15) is 5.11 Å². The molecule has 5 unspecified atom stereocenters. The normalized spacial score (nSPS) is 52.5. The molecule has 0 aromatic rings. The van der Waals surface area contributed by atoms with Crippen LogP contribution in [0.1, 0.15) is 38.5 Å². The van der Waals surface area contributed by atoms with E-state index < -0.39 is 0 Å². The zero-order valence-electron chi connectivity index (χ0n) is 8.69. The highest BCUT2D eigenvalue weighted by Gasteiger charge is 2.51. The lowest BCUT2D eigenvalue weighted by atomic mass is 9.76. The van der Waals surface area contributed by atoms with E-state index >= 15 is 0 Å². The van der Waals surface area contributed by atoms with Crippen molar-refractivity contribution in [3.8, 4) is 0 Å². The summed E-state index contributed by atoms with van der Waals surface area (Å²) in [6, 6.07) is 0. The monoisotopic (exact) mass is 196 g/mol. The Morgan fingerprint density at radius 3 is 2.43 bits per heavy atom. The highest BCUT2D eigenvalue weighted by atomic mass is 16.5. The van der Waals surface area contributed by atoms with Crippen LogP contribution in [0.4, 0.5) is 0 Å². The minimum absolute atomic E-state index is 0.148. The summed E-state index contributed by atoms with van der Waals surface area (Å²) >= 11 is 0. The van der Waals surface area contributed by atoms with Crippen molar-refractivity contribution in [3.05, 3.63) is 0 Å². The number of aliphatic hydroxyl groups is 1. The van der Waals surface area contributed by atoms with E-state index in [1.165, 1.54) is 38.5 Å². The molecule has 3 aliphatic rings. The summed E-state index contributed by atoms with van der Waals surface area (Å²) in [4.78, 5) is 0. The number of hydrogen-bond donors (Lipinski definition) is 1. The maximum atomic E-state index is 10.2. The van der Waals surface area contributed by atoms with Crippen molar-refractivity contribution in [2.75, 3.05) is 6.61 Å². The van der Waals surface area contributed by atoms with E-state index in [4.69, 9.17) is 4.74 Å². The van der Waals surface area contributed by atoms with Gasteiger partial charge in [-0.15, -0.1) is 0 Å². The second-order valence-electron chi connectivity index (χ2n) is 5.24. The smallest absolute Gasteiger partial charge is 0.0867 e. The van der Waals surface area contributed by atoms with Gasteiger partial charge in [-0.3, -0.25) is 0 Å². The minimum Gasteiger partial charge on any atom is -0.390 e. The topological polar surface area (TPSA) is 29.5 Å². The lowest BCUT2D eigenvalue weighted by Crippen LogP contribution is -2.34. The largest absolute Gasteiger partial charge is 0.390 e. The summed E-state index contributed by atoms with van der Waals surface area (Å²) in [5, 5.41) is 10.2. The minimum atomic E-state index is -0.148. The van der Waals surface area contributed by atoms with Crippen LogP contribution in [-0.2, 0) is 4.74 Å². The molecule has 1 saturated heterocycles. The van der Waals surface area contributed by atoms with Gasteiger partial charge < -0.3 is 9.84 Å². The van der Waals surface area contributed by atoms with Crippen LogP contribution in [0.25, 0.3) is 0 Å². The molecular formula is C12H20O2. The average Bonchev–Trinajstić information content (AvgIpc) is 2.55.